The quantitative estimate of drug-likeness (QED) is 0.550. The van der Waals surface area contributed by atoms with Crippen LogP contribution in [0, 0.1) is 3.57 Å². The zero-order chi connectivity index (χ0) is 11.8. The molecule has 1 nitrogen and oxygen atoms in total. The highest BCUT2D eigenvalue weighted by molar-refractivity contribution is 14.1. The Balaban J connectivity index is 3.49. The van der Waals surface area contributed by atoms with E-state index < -0.39 is 17.5 Å². The largest absolute Gasteiger partial charge is 0.417 e. The molecule has 0 aliphatic carbocycles. The topological polar surface area (TPSA) is 17.1 Å². The van der Waals surface area contributed by atoms with Crippen LogP contribution in [-0.2, 0) is 6.18 Å². The molecule has 0 N–H and O–H groups in total. The molecule has 0 atom stereocenters. The molecule has 0 saturated heterocycles. The number of halogens is 5. The molecule has 0 radical (unpaired) electrons. The number of alkyl halides is 3. The molecule has 15 heavy (non-hydrogen) atoms. The second-order valence-corrected chi connectivity index (χ2v) is 4.38. The first kappa shape index (κ1) is 12.8. The van der Waals surface area contributed by atoms with Crippen molar-refractivity contribution in [2.75, 3.05) is 0 Å². The van der Waals surface area contributed by atoms with Crippen LogP contribution in [0.2, 0.25) is 5.02 Å². The molecule has 0 saturated carbocycles. The summed E-state index contributed by atoms with van der Waals surface area (Å²) in [5.41, 5.74) is -0.878. The smallest absolute Gasteiger partial charge is 0.294 e. The minimum absolute atomic E-state index is 0.00424. The van der Waals surface area contributed by atoms with Crippen LogP contribution in [0.1, 0.15) is 22.8 Å². The molecule has 1 aromatic carbocycles. The van der Waals surface area contributed by atoms with Gasteiger partial charge in [-0.3, -0.25) is 4.79 Å². The maximum absolute atomic E-state index is 12.5. The molecular formula is C9H5ClF3IO. The second-order valence-electron chi connectivity index (χ2n) is 2.87. The van der Waals surface area contributed by atoms with Crippen LogP contribution in [0.3, 0.4) is 0 Å². The van der Waals surface area contributed by atoms with Crippen molar-refractivity contribution in [2.45, 2.75) is 13.1 Å². The fraction of sp³-hybridized carbons (Fsp3) is 0.222. The zero-order valence-electron chi connectivity index (χ0n) is 7.45. The van der Waals surface area contributed by atoms with Gasteiger partial charge in [-0.25, -0.2) is 0 Å². The molecule has 0 aliphatic heterocycles. The average molecular weight is 348 g/mol. The van der Waals surface area contributed by atoms with Crippen molar-refractivity contribution in [1.82, 2.24) is 0 Å². The lowest BCUT2D eigenvalue weighted by molar-refractivity contribution is -0.138. The van der Waals surface area contributed by atoms with Gasteiger partial charge < -0.3 is 0 Å². The van der Waals surface area contributed by atoms with Gasteiger partial charge in [0.2, 0.25) is 0 Å². The fourth-order valence-corrected chi connectivity index (χ4v) is 2.27. The van der Waals surface area contributed by atoms with E-state index in [0.29, 0.717) is 0 Å². The van der Waals surface area contributed by atoms with Gasteiger partial charge in [-0.1, -0.05) is 11.6 Å². The minimum atomic E-state index is -4.49. The minimum Gasteiger partial charge on any atom is -0.294 e. The predicted octanol–water partition coefficient (Wildman–Crippen LogP) is 4.17. The van der Waals surface area contributed by atoms with Crippen molar-refractivity contribution in [3.8, 4) is 0 Å². The number of Topliss-reactive ketones (excluding diaryl/α,β-unsaturated/α-hetero) is 1. The highest BCUT2D eigenvalue weighted by Gasteiger charge is 2.34. The first-order valence-corrected chi connectivity index (χ1v) is 5.26. The molecule has 1 rings (SSSR count). The summed E-state index contributed by atoms with van der Waals surface area (Å²) in [4.78, 5) is 11.1. The van der Waals surface area contributed by atoms with Crippen molar-refractivity contribution in [2.24, 2.45) is 0 Å². The highest BCUT2D eigenvalue weighted by atomic mass is 127. The summed E-state index contributed by atoms with van der Waals surface area (Å²) in [7, 11) is 0. The van der Waals surface area contributed by atoms with Crippen LogP contribution in [0.25, 0.3) is 0 Å². The number of benzene rings is 1. The molecule has 0 aromatic heterocycles. The number of hydrogen-bond donors (Lipinski definition) is 0. The normalized spacial score (nSPS) is 11.6. The number of hydrogen-bond acceptors (Lipinski definition) is 1. The van der Waals surface area contributed by atoms with Crippen LogP contribution >= 0.6 is 34.2 Å². The molecular weight excluding hydrogens is 343 g/mol. The van der Waals surface area contributed by atoms with Crippen molar-refractivity contribution in [1.29, 1.82) is 0 Å². The number of rotatable bonds is 1. The van der Waals surface area contributed by atoms with Gasteiger partial charge in [-0.2, -0.15) is 13.2 Å². The van der Waals surface area contributed by atoms with Crippen LogP contribution in [0.5, 0.6) is 0 Å². The number of ketones is 1. The molecule has 0 fully saturated rings. The molecule has 0 heterocycles. The monoisotopic (exact) mass is 348 g/mol. The Kier molecular flexibility index (Phi) is 3.65. The van der Waals surface area contributed by atoms with Crippen LogP contribution in [0.15, 0.2) is 12.1 Å². The van der Waals surface area contributed by atoms with E-state index in [2.05, 4.69) is 0 Å². The zero-order valence-corrected chi connectivity index (χ0v) is 10.4. The van der Waals surface area contributed by atoms with E-state index in [1.165, 1.54) is 35.6 Å². The van der Waals surface area contributed by atoms with Crippen molar-refractivity contribution in [3.63, 3.8) is 0 Å². The Bertz CT molecular complexity index is 415. The Hall–Kier alpha value is -0.300. The maximum atomic E-state index is 12.5. The molecule has 0 amide bonds. The van der Waals surface area contributed by atoms with Gasteiger partial charge in [0.05, 0.1) is 5.56 Å². The third kappa shape index (κ3) is 2.84. The summed E-state index contributed by atoms with van der Waals surface area (Å²) in [5, 5.41) is -0.0899. The van der Waals surface area contributed by atoms with Gasteiger partial charge >= 0.3 is 6.18 Å². The molecule has 6 heteroatoms. The van der Waals surface area contributed by atoms with Crippen molar-refractivity contribution in [3.05, 3.63) is 31.9 Å². The van der Waals surface area contributed by atoms with Gasteiger partial charge in [-0.15, -0.1) is 0 Å². The summed E-state index contributed by atoms with van der Waals surface area (Å²) < 4.78 is 37.4. The van der Waals surface area contributed by atoms with E-state index >= 15 is 0 Å². The maximum Gasteiger partial charge on any atom is 0.417 e. The first-order chi connectivity index (χ1) is 6.73. The van der Waals surface area contributed by atoms with Gasteiger partial charge in [0.15, 0.2) is 5.78 Å². The van der Waals surface area contributed by atoms with E-state index in [1.807, 2.05) is 0 Å². The SMILES string of the molecule is CC(=O)c1cc(Cl)cc(C(F)(F)F)c1I. The van der Waals surface area contributed by atoms with E-state index in [4.69, 9.17) is 11.6 Å². The predicted molar refractivity (Wildman–Crippen MR) is 59.2 cm³/mol. The van der Waals surface area contributed by atoms with Gasteiger partial charge in [-0.05, 0) is 41.6 Å². The third-order valence-electron chi connectivity index (χ3n) is 1.72. The molecule has 0 spiro atoms. The summed E-state index contributed by atoms with van der Waals surface area (Å²) in [6.45, 7) is 1.20. The van der Waals surface area contributed by atoms with Gasteiger partial charge in [0.1, 0.15) is 0 Å². The van der Waals surface area contributed by atoms with Gasteiger partial charge in [0, 0.05) is 14.2 Å². The lowest BCUT2D eigenvalue weighted by Crippen LogP contribution is -2.11. The summed E-state index contributed by atoms with van der Waals surface area (Å²) in [5.74, 6) is -0.438. The van der Waals surface area contributed by atoms with Crippen LogP contribution in [-0.4, -0.2) is 5.78 Å². The Morgan fingerprint density at radius 3 is 2.33 bits per heavy atom. The lowest BCUT2D eigenvalue weighted by Gasteiger charge is -2.12. The van der Waals surface area contributed by atoms with Gasteiger partial charge in [0.25, 0.3) is 0 Å². The second kappa shape index (κ2) is 4.29. The van der Waals surface area contributed by atoms with E-state index in [9.17, 15) is 18.0 Å². The Labute approximate surface area is 103 Å². The average Bonchev–Trinajstić information content (AvgIpc) is 2.06. The molecule has 0 unspecified atom stereocenters. The van der Waals surface area contributed by atoms with Crippen molar-refractivity contribution < 1.29 is 18.0 Å². The standard InChI is InChI=1S/C9H5ClF3IO/c1-4(15)6-2-5(10)3-7(8(6)14)9(11,12)13/h2-3H,1H3. The molecule has 0 bridgehead atoms. The van der Waals surface area contributed by atoms with E-state index in [-0.39, 0.29) is 14.2 Å². The lowest BCUT2D eigenvalue weighted by atomic mass is 10.1. The summed E-state index contributed by atoms with van der Waals surface area (Å²) in [6.07, 6.45) is -4.49. The van der Waals surface area contributed by atoms with Crippen LogP contribution < -0.4 is 0 Å². The molecule has 82 valence electrons. The number of carbonyl (C=O) groups excluding carboxylic acids is 1. The third-order valence-corrected chi connectivity index (χ3v) is 3.10. The van der Waals surface area contributed by atoms with Crippen LogP contribution in [0.4, 0.5) is 13.2 Å². The highest BCUT2D eigenvalue weighted by Crippen LogP contribution is 2.36. The number of carbonyl (C=O) groups is 1. The summed E-state index contributed by atoms with van der Waals surface area (Å²) >= 11 is 7.02. The van der Waals surface area contributed by atoms with E-state index in [0.717, 1.165) is 6.07 Å². The van der Waals surface area contributed by atoms with E-state index in [1.54, 1.807) is 0 Å². The van der Waals surface area contributed by atoms with Crippen molar-refractivity contribution >= 4 is 40.0 Å². The fourth-order valence-electron chi connectivity index (χ4n) is 1.05. The Morgan fingerprint density at radius 1 is 1.40 bits per heavy atom. The molecule has 1 aromatic rings. The Morgan fingerprint density at radius 2 is 1.93 bits per heavy atom. The molecule has 0 aliphatic rings. The summed E-state index contributed by atoms with van der Waals surface area (Å²) in [6, 6.07) is 2.05. The first-order valence-electron chi connectivity index (χ1n) is 3.80.